The van der Waals surface area contributed by atoms with E-state index < -0.39 is 17.7 Å². The van der Waals surface area contributed by atoms with Crippen molar-refractivity contribution in [2.45, 2.75) is 6.04 Å². The van der Waals surface area contributed by atoms with Crippen LogP contribution in [0, 0.1) is 0 Å². The Labute approximate surface area is 121 Å². The molecule has 1 fully saturated rings. The molecule has 1 aliphatic heterocycles. The number of aromatic nitrogens is 1. The van der Waals surface area contributed by atoms with E-state index in [9.17, 15) is 14.7 Å². The van der Waals surface area contributed by atoms with E-state index in [0.29, 0.717) is 12.1 Å². The summed E-state index contributed by atoms with van der Waals surface area (Å²) < 4.78 is 0. The summed E-state index contributed by atoms with van der Waals surface area (Å²) in [6, 6.07) is 13.5. The number of hydrogen-bond acceptors (Lipinski definition) is 4. The summed E-state index contributed by atoms with van der Waals surface area (Å²) in [7, 11) is 0. The standard InChI is InChI=1S/C16H12N2O3/c19-10-12-14(11-6-2-1-3-7-11)18(16(21)15(12)20)13-8-4-5-9-17-13/h1-10,14,19H. The summed E-state index contributed by atoms with van der Waals surface area (Å²) in [5.41, 5.74) is 0.791. The second-order valence-electron chi connectivity index (χ2n) is 4.59. The molecule has 5 heteroatoms. The molecule has 0 radical (unpaired) electrons. The number of carbonyl (C=O) groups excluding carboxylic acids is 2. The third-order valence-corrected chi connectivity index (χ3v) is 3.38. The fraction of sp³-hybridized carbons (Fsp3) is 0.0625. The van der Waals surface area contributed by atoms with Crippen molar-refractivity contribution in [1.29, 1.82) is 0 Å². The van der Waals surface area contributed by atoms with E-state index in [1.165, 1.54) is 4.90 Å². The Morgan fingerprint density at radius 1 is 1.05 bits per heavy atom. The molecule has 0 aliphatic carbocycles. The summed E-state index contributed by atoms with van der Waals surface area (Å²) in [4.78, 5) is 29.7. The third kappa shape index (κ3) is 2.08. The van der Waals surface area contributed by atoms with Gasteiger partial charge in [0.1, 0.15) is 5.82 Å². The van der Waals surface area contributed by atoms with Gasteiger partial charge in [-0.05, 0) is 17.7 Å². The molecule has 1 aliphatic rings. The molecule has 1 atom stereocenters. The van der Waals surface area contributed by atoms with E-state index in [0.717, 1.165) is 5.56 Å². The largest absolute Gasteiger partial charge is 0.515 e. The summed E-state index contributed by atoms with van der Waals surface area (Å²) in [5.74, 6) is -1.03. The average Bonchev–Trinajstić information content (AvgIpc) is 2.80. The van der Waals surface area contributed by atoms with Gasteiger partial charge in [0.25, 0.3) is 5.78 Å². The van der Waals surface area contributed by atoms with Crippen molar-refractivity contribution < 1.29 is 14.7 Å². The molecule has 0 bridgehead atoms. The molecule has 2 heterocycles. The third-order valence-electron chi connectivity index (χ3n) is 3.38. The molecule has 21 heavy (non-hydrogen) atoms. The van der Waals surface area contributed by atoms with Gasteiger partial charge in [-0.3, -0.25) is 14.5 Å². The highest BCUT2D eigenvalue weighted by atomic mass is 16.2. The summed E-state index contributed by atoms with van der Waals surface area (Å²) in [5, 5.41) is 9.37. The second-order valence-corrected chi connectivity index (χ2v) is 4.59. The van der Waals surface area contributed by atoms with E-state index in [-0.39, 0.29) is 5.57 Å². The average molecular weight is 280 g/mol. The van der Waals surface area contributed by atoms with Gasteiger partial charge in [-0.1, -0.05) is 36.4 Å². The number of benzene rings is 1. The van der Waals surface area contributed by atoms with E-state index >= 15 is 0 Å². The Morgan fingerprint density at radius 3 is 2.38 bits per heavy atom. The van der Waals surface area contributed by atoms with Crippen LogP contribution in [-0.4, -0.2) is 21.8 Å². The number of nitrogens with zero attached hydrogens (tertiary/aromatic N) is 2. The molecule has 104 valence electrons. The molecule has 5 nitrogen and oxygen atoms in total. The van der Waals surface area contributed by atoms with Crippen LogP contribution in [0.2, 0.25) is 0 Å². The topological polar surface area (TPSA) is 70.5 Å². The number of amides is 1. The predicted molar refractivity (Wildman–Crippen MR) is 76.6 cm³/mol. The van der Waals surface area contributed by atoms with Crippen molar-refractivity contribution in [1.82, 2.24) is 4.98 Å². The first-order valence-corrected chi connectivity index (χ1v) is 6.42. The molecule has 0 spiro atoms. The molecule has 3 rings (SSSR count). The minimum absolute atomic E-state index is 0.0526. The number of rotatable bonds is 2. The fourth-order valence-corrected chi connectivity index (χ4v) is 2.44. The smallest absolute Gasteiger partial charge is 0.301 e. The zero-order valence-electron chi connectivity index (χ0n) is 11.0. The van der Waals surface area contributed by atoms with E-state index in [1.54, 1.807) is 36.5 Å². The molecule has 2 aromatic rings. The highest BCUT2D eigenvalue weighted by Gasteiger charge is 2.45. The van der Waals surface area contributed by atoms with Crippen molar-refractivity contribution in [3.05, 3.63) is 72.1 Å². The number of aliphatic hydroxyl groups excluding tert-OH is 1. The summed E-state index contributed by atoms with van der Waals surface area (Å²) >= 11 is 0. The van der Waals surface area contributed by atoms with Crippen LogP contribution in [0.1, 0.15) is 11.6 Å². The molecular weight excluding hydrogens is 268 g/mol. The second kappa shape index (κ2) is 5.20. The quantitative estimate of drug-likeness (QED) is 0.520. The SMILES string of the molecule is O=C1C(=O)N(c2ccccn2)C(c2ccccc2)C1=CO. The Hall–Kier alpha value is -2.95. The Bertz CT molecular complexity index is 711. The number of ketones is 1. The van der Waals surface area contributed by atoms with Gasteiger partial charge < -0.3 is 5.11 Å². The highest BCUT2D eigenvalue weighted by molar-refractivity contribution is 6.50. The van der Waals surface area contributed by atoms with Crippen LogP contribution in [0.25, 0.3) is 0 Å². The number of anilines is 1. The van der Waals surface area contributed by atoms with E-state index in [2.05, 4.69) is 4.98 Å². The van der Waals surface area contributed by atoms with Gasteiger partial charge in [0.15, 0.2) is 0 Å². The molecule has 1 saturated heterocycles. The Balaban J connectivity index is 2.16. The van der Waals surface area contributed by atoms with Crippen LogP contribution < -0.4 is 4.90 Å². The maximum absolute atomic E-state index is 12.2. The van der Waals surface area contributed by atoms with Gasteiger partial charge in [-0.15, -0.1) is 0 Å². The normalized spacial score (nSPS) is 20.3. The number of carbonyl (C=O) groups is 2. The van der Waals surface area contributed by atoms with Crippen LogP contribution in [0.15, 0.2) is 66.6 Å². The lowest BCUT2D eigenvalue weighted by Gasteiger charge is -2.23. The minimum atomic E-state index is -0.711. The first kappa shape index (κ1) is 13.1. The Morgan fingerprint density at radius 2 is 1.76 bits per heavy atom. The first-order chi connectivity index (χ1) is 10.2. The van der Waals surface area contributed by atoms with Gasteiger partial charge in [0, 0.05) is 6.20 Å². The van der Waals surface area contributed by atoms with Crippen molar-refractivity contribution in [2.75, 3.05) is 4.90 Å². The summed E-state index contributed by atoms with van der Waals surface area (Å²) in [6.07, 6.45) is 2.26. The molecule has 0 saturated carbocycles. The van der Waals surface area contributed by atoms with Crippen molar-refractivity contribution in [3.63, 3.8) is 0 Å². The maximum atomic E-state index is 12.2. The zero-order valence-corrected chi connectivity index (χ0v) is 11.0. The first-order valence-electron chi connectivity index (χ1n) is 6.42. The van der Waals surface area contributed by atoms with Gasteiger partial charge in [0.05, 0.1) is 17.9 Å². The van der Waals surface area contributed by atoms with Gasteiger partial charge >= 0.3 is 5.91 Å². The molecular formula is C16H12N2O3. The monoisotopic (exact) mass is 280 g/mol. The number of pyridine rings is 1. The molecule has 1 aromatic heterocycles. The zero-order chi connectivity index (χ0) is 14.8. The molecule has 1 aromatic carbocycles. The van der Waals surface area contributed by atoms with Crippen LogP contribution in [0.5, 0.6) is 0 Å². The highest BCUT2D eigenvalue weighted by Crippen LogP contribution is 2.37. The van der Waals surface area contributed by atoms with Crippen LogP contribution >= 0.6 is 0 Å². The number of aliphatic hydroxyl groups is 1. The molecule has 1 amide bonds. The van der Waals surface area contributed by atoms with Crippen molar-refractivity contribution >= 4 is 17.5 Å². The van der Waals surface area contributed by atoms with E-state index in [4.69, 9.17) is 0 Å². The number of hydrogen-bond donors (Lipinski definition) is 1. The van der Waals surface area contributed by atoms with Gasteiger partial charge in [-0.2, -0.15) is 0 Å². The minimum Gasteiger partial charge on any atom is -0.515 e. The van der Waals surface area contributed by atoms with Crippen LogP contribution in [0.4, 0.5) is 5.82 Å². The van der Waals surface area contributed by atoms with Gasteiger partial charge in [0.2, 0.25) is 0 Å². The van der Waals surface area contributed by atoms with Crippen molar-refractivity contribution in [2.24, 2.45) is 0 Å². The summed E-state index contributed by atoms with van der Waals surface area (Å²) in [6.45, 7) is 0. The molecule has 1 N–H and O–H groups in total. The van der Waals surface area contributed by atoms with Gasteiger partial charge in [-0.25, -0.2) is 4.98 Å². The van der Waals surface area contributed by atoms with Crippen LogP contribution in [0.3, 0.4) is 0 Å². The maximum Gasteiger partial charge on any atom is 0.301 e. The number of Topliss-reactive ketones (excluding diaryl/α,β-unsaturated/α-hetero) is 1. The predicted octanol–water partition coefficient (Wildman–Crippen LogP) is 2.18. The van der Waals surface area contributed by atoms with Crippen molar-refractivity contribution in [3.8, 4) is 0 Å². The Kier molecular flexibility index (Phi) is 3.23. The lowest BCUT2D eigenvalue weighted by Crippen LogP contribution is -2.30. The van der Waals surface area contributed by atoms with E-state index in [1.807, 2.05) is 18.2 Å². The fourth-order valence-electron chi connectivity index (χ4n) is 2.44. The lowest BCUT2D eigenvalue weighted by molar-refractivity contribution is -0.132. The lowest BCUT2D eigenvalue weighted by atomic mass is 10.00. The molecule has 1 unspecified atom stereocenters. The van der Waals surface area contributed by atoms with Crippen LogP contribution in [-0.2, 0) is 9.59 Å².